The predicted octanol–water partition coefficient (Wildman–Crippen LogP) is 4.21. The highest BCUT2D eigenvalue weighted by Crippen LogP contribution is 2.29. The van der Waals surface area contributed by atoms with Crippen molar-refractivity contribution in [1.29, 1.82) is 0 Å². The van der Waals surface area contributed by atoms with Gasteiger partial charge in [-0.1, -0.05) is 18.6 Å². The zero-order valence-electron chi connectivity index (χ0n) is 14.4. The average Bonchev–Trinajstić information content (AvgIpc) is 3.33. The molecule has 0 saturated heterocycles. The normalized spacial score (nSPS) is 16.5. The minimum absolute atomic E-state index is 0.794. The number of aromatic nitrogens is 4. The SMILES string of the molecule is c1cc2c(cc1-c1csc(Cc3nnc4n3CCCCC4)n1)CCC2. The van der Waals surface area contributed by atoms with Crippen molar-refractivity contribution >= 4 is 11.3 Å². The van der Waals surface area contributed by atoms with Crippen LogP contribution in [-0.4, -0.2) is 19.7 Å². The van der Waals surface area contributed by atoms with Gasteiger partial charge in [0, 0.05) is 23.9 Å². The fraction of sp³-hybridized carbons (Fsp3) is 0.450. The summed E-state index contributed by atoms with van der Waals surface area (Å²) in [5.74, 6) is 2.23. The molecule has 5 rings (SSSR count). The second-order valence-corrected chi connectivity index (χ2v) is 8.08. The Balaban J connectivity index is 1.39. The van der Waals surface area contributed by atoms with Gasteiger partial charge in [0.2, 0.25) is 0 Å². The number of fused-ring (bicyclic) bond motifs is 2. The Labute approximate surface area is 152 Å². The van der Waals surface area contributed by atoms with Crippen LogP contribution in [0, 0.1) is 0 Å². The molecule has 0 spiro atoms. The van der Waals surface area contributed by atoms with Gasteiger partial charge in [0.1, 0.15) is 16.7 Å². The summed E-state index contributed by atoms with van der Waals surface area (Å²) >= 11 is 1.74. The van der Waals surface area contributed by atoms with Crippen molar-refractivity contribution in [2.45, 2.75) is 57.9 Å². The van der Waals surface area contributed by atoms with Gasteiger partial charge in [-0.3, -0.25) is 0 Å². The second-order valence-electron chi connectivity index (χ2n) is 7.14. The zero-order chi connectivity index (χ0) is 16.6. The summed E-state index contributed by atoms with van der Waals surface area (Å²) in [5.41, 5.74) is 5.38. The Hall–Kier alpha value is -2.01. The lowest BCUT2D eigenvalue weighted by molar-refractivity contribution is 0.611. The topological polar surface area (TPSA) is 43.6 Å². The van der Waals surface area contributed by atoms with Gasteiger partial charge in [-0.05, 0) is 49.3 Å². The van der Waals surface area contributed by atoms with Crippen LogP contribution in [0.4, 0.5) is 0 Å². The molecule has 2 aromatic heterocycles. The van der Waals surface area contributed by atoms with Gasteiger partial charge in [-0.2, -0.15) is 0 Å². The molecule has 4 nitrogen and oxygen atoms in total. The van der Waals surface area contributed by atoms with Crippen molar-refractivity contribution < 1.29 is 0 Å². The van der Waals surface area contributed by atoms with Gasteiger partial charge >= 0.3 is 0 Å². The van der Waals surface area contributed by atoms with E-state index in [-0.39, 0.29) is 0 Å². The monoisotopic (exact) mass is 350 g/mol. The summed E-state index contributed by atoms with van der Waals surface area (Å²) < 4.78 is 2.32. The maximum absolute atomic E-state index is 4.89. The molecule has 3 aromatic rings. The van der Waals surface area contributed by atoms with Gasteiger partial charge < -0.3 is 4.57 Å². The molecule has 0 radical (unpaired) electrons. The molecular formula is C20H22N4S. The van der Waals surface area contributed by atoms with E-state index in [1.165, 1.54) is 55.2 Å². The van der Waals surface area contributed by atoms with Crippen LogP contribution in [-0.2, 0) is 32.2 Å². The molecule has 3 heterocycles. The molecule has 5 heteroatoms. The van der Waals surface area contributed by atoms with E-state index in [0.717, 1.165) is 41.7 Å². The van der Waals surface area contributed by atoms with Crippen LogP contribution in [0.15, 0.2) is 23.6 Å². The first-order valence-electron chi connectivity index (χ1n) is 9.34. The summed E-state index contributed by atoms with van der Waals surface area (Å²) in [6, 6.07) is 6.85. The molecule has 0 fully saturated rings. The Bertz CT molecular complexity index is 908. The second kappa shape index (κ2) is 6.37. The van der Waals surface area contributed by atoms with Gasteiger partial charge in [0.15, 0.2) is 0 Å². The van der Waals surface area contributed by atoms with E-state index in [0.29, 0.717) is 0 Å². The zero-order valence-corrected chi connectivity index (χ0v) is 15.2. The third-order valence-corrected chi connectivity index (χ3v) is 6.29. The van der Waals surface area contributed by atoms with Crippen molar-refractivity contribution in [2.75, 3.05) is 0 Å². The van der Waals surface area contributed by atoms with Crippen LogP contribution in [0.3, 0.4) is 0 Å². The van der Waals surface area contributed by atoms with E-state index < -0.39 is 0 Å². The van der Waals surface area contributed by atoms with Crippen molar-refractivity contribution in [2.24, 2.45) is 0 Å². The Morgan fingerprint density at radius 2 is 1.92 bits per heavy atom. The molecule has 1 aromatic carbocycles. The molecule has 0 amide bonds. The molecule has 1 aliphatic carbocycles. The Morgan fingerprint density at radius 1 is 0.960 bits per heavy atom. The highest BCUT2D eigenvalue weighted by atomic mass is 32.1. The predicted molar refractivity (Wildman–Crippen MR) is 100.0 cm³/mol. The molecule has 0 unspecified atom stereocenters. The van der Waals surface area contributed by atoms with Gasteiger partial charge in [0.05, 0.1) is 12.1 Å². The number of nitrogens with zero attached hydrogens (tertiary/aromatic N) is 4. The van der Waals surface area contributed by atoms with Crippen LogP contribution >= 0.6 is 11.3 Å². The molecule has 0 N–H and O–H groups in total. The van der Waals surface area contributed by atoms with Crippen LogP contribution in [0.2, 0.25) is 0 Å². The van der Waals surface area contributed by atoms with E-state index in [1.807, 2.05) is 0 Å². The largest absolute Gasteiger partial charge is 0.315 e. The third-order valence-electron chi connectivity index (χ3n) is 5.44. The summed E-state index contributed by atoms with van der Waals surface area (Å²) in [6.45, 7) is 1.06. The van der Waals surface area contributed by atoms with Crippen molar-refractivity contribution in [1.82, 2.24) is 19.7 Å². The molecular weight excluding hydrogens is 328 g/mol. The Kier molecular flexibility index (Phi) is 3.89. The van der Waals surface area contributed by atoms with E-state index in [1.54, 1.807) is 11.3 Å². The molecule has 2 aliphatic rings. The van der Waals surface area contributed by atoms with E-state index in [9.17, 15) is 0 Å². The van der Waals surface area contributed by atoms with Crippen LogP contribution in [0.1, 0.15) is 53.5 Å². The lowest BCUT2D eigenvalue weighted by Crippen LogP contribution is -2.06. The van der Waals surface area contributed by atoms with Crippen LogP contribution in [0.5, 0.6) is 0 Å². The van der Waals surface area contributed by atoms with Crippen LogP contribution < -0.4 is 0 Å². The number of hydrogen-bond acceptors (Lipinski definition) is 4. The average molecular weight is 350 g/mol. The maximum atomic E-state index is 4.89. The molecule has 0 bridgehead atoms. The molecule has 25 heavy (non-hydrogen) atoms. The Morgan fingerprint density at radius 3 is 2.92 bits per heavy atom. The first kappa shape index (κ1) is 15.3. The van der Waals surface area contributed by atoms with Crippen molar-refractivity contribution in [3.63, 3.8) is 0 Å². The molecule has 0 atom stereocenters. The third kappa shape index (κ3) is 2.91. The molecule has 1 aliphatic heterocycles. The number of thiazole rings is 1. The van der Waals surface area contributed by atoms with Crippen molar-refractivity contribution in [3.05, 3.63) is 51.4 Å². The fourth-order valence-corrected chi connectivity index (χ4v) is 4.87. The smallest absolute Gasteiger partial charge is 0.139 e. The van der Waals surface area contributed by atoms with E-state index >= 15 is 0 Å². The number of aryl methyl sites for hydroxylation is 3. The quantitative estimate of drug-likeness (QED) is 0.711. The minimum atomic E-state index is 0.794. The standard InChI is InChI=1S/C20H22N4S/c1-2-7-18-22-23-19(24(18)10-3-1)12-20-21-17(13-25-20)16-9-8-14-5-4-6-15(14)11-16/h8-9,11,13H,1-7,10,12H2. The number of hydrogen-bond donors (Lipinski definition) is 0. The highest BCUT2D eigenvalue weighted by molar-refractivity contribution is 7.10. The summed E-state index contributed by atoms with van der Waals surface area (Å²) in [6.07, 6.45) is 9.35. The minimum Gasteiger partial charge on any atom is -0.315 e. The lowest BCUT2D eigenvalue weighted by atomic mass is 10.1. The van der Waals surface area contributed by atoms with E-state index in [2.05, 4.69) is 38.3 Å². The van der Waals surface area contributed by atoms with Gasteiger partial charge in [-0.25, -0.2) is 4.98 Å². The fourth-order valence-electron chi connectivity index (χ4n) is 4.07. The van der Waals surface area contributed by atoms with E-state index in [4.69, 9.17) is 4.98 Å². The van der Waals surface area contributed by atoms with Crippen molar-refractivity contribution in [3.8, 4) is 11.3 Å². The lowest BCUT2D eigenvalue weighted by Gasteiger charge is -2.05. The molecule has 0 saturated carbocycles. The van der Waals surface area contributed by atoms with Gasteiger partial charge in [0.25, 0.3) is 0 Å². The summed E-state index contributed by atoms with van der Waals surface area (Å²) in [4.78, 5) is 4.89. The number of rotatable bonds is 3. The first-order valence-corrected chi connectivity index (χ1v) is 10.2. The van der Waals surface area contributed by atoms with Crippen LogP contribution in [0.25, 0.3) is 11.3 Å². The van der Waals surface area contributed by atoms with Gasteiger partial charge in [-0.15, -0.1) is 21.5 Å². The maximum Gasteiger partial charge on any atom is 0.139 e. The summed E-state index contributed by atoms with van der Waals surface area (Å²) in [5, 5.41) is 12.2. The first-order chi connectivity index (χ1) is 12.4. The summed E-state index contributed by atoms with van der Waals surface area (Å²) in [7, 11) is 0. The number of benzene rings is 1. The molecule has 128 valence electrons. The highest BCUT2D eigenvalue weighted by Gasteiger charge is 2.17.